The molecule has 6 rings (SSSR count). The summed E-state index contributed by atoms with van der Waals surface area (Å²) in [4.78, 5) is 0. The van der Waals surface area contributed by atoms with Gasteiger partial charge in [-0.25, -0.2) is 0 Å². The van der Waals surface area contributed by atoms with Crippen molar-refractivity contribution in [2.75, 3.05) is 7.11 Å². The summed E-state index contributed by atoms with van der Waals surface area (Å²) >= 11 is 6.08. The van der Waals surface area contributed by atoms with E-state index in [9.17, 15) is 0 Å². The summed E-state index contributed by atoms with van der Waals surface area (Å²) < 4.78 is 19.4. The van der Waals surface area contributed by atoms with Crippen molar-refractivity contribution < 1.29 is 13.6 Å². The lowest BCUT2D eigenvalue weighted by atomic mass is 10.1. The van der Waals surface area contributed by atoms with E-state index in [1.54, 1.807) is 7.11 Å². The number of hydrogen-bond acceptors (Lipinski definition) is 6. The molecule has 0 N–H and O–H groups in total. The highest BCUT2D eigenvalue weighted by Crippen LogP contribution is 2.36. The molecule has 0 radical (unpaired) electrons. The topological polar surface area (TPSA) is 79.1 Å². The molecule has 7 nitrogen and oxygen atoms in total. The normalized spacial score (nSPS) is 11.3. The Bertz CT molecular complexity index is 1670. The third kappa shape index (κ3) is 4.03. The van der Waals surface area contributed by atoms with E-state index < -0.39 is 0 Å². The number of halogens is 1. The first-order valence-corrected chi connectivity index (χ1v) is 11.8. The number of furan rings is 1. The summed E-state index contributed by atoms with van der Waals surface area (Å²) in [5.41, 5.74) is 5.14. The van der Waals surface area contributed by atoms with Crippen molar-refractivity contribution in [2.45, 2.75) is 13.5 Å². The molecule has 0 aliphatic rings. The number of rotatable bonds is 6. The van der Waals surface area contributed by atoms with Crippen molar-refractivity contribution in [1.82, 2.24) is 20.0 Å². The molecule has 0 unspecified atom stereocenters. The molecule has 3 aromatic heterocycles. The molecule has 0 amide bonds. The van der Waals surface area contributed by atoms with Gasteiger partial charge >= 0.3 is 0 Å². The number of nitrogens with zero attached hydrogens (tertiary/aromatic N) is 4. The van der Waals surface area contributed by atoms with Gasteiger partial charge in [-0.15, -0.1) is 10.2 Å². The molecule has 0 fully saturated rings. The molecule has 6 aromatic rings. The number of ether oxygens (including phenoxy) is 1. The van der Waals surface area contributed by atoms with Crippen molar-refractivity contribution >= 4 is 22.6 Å². The molecule has 0 aliphatic heterocycles. The lowest BCUT2D eigenvalue weighted by Crippen LogP contribution is -2.04. The Kier molecular flexibility index (Phi) is 5.54. The molecule has 0 spiro atoms. The quantitative estimate of drug-likeness (QED) is 0.246. The van der Waals surface area contributed by atoms with E-state index >= 15 is 0 Å². The van der Waals surface area contributed by atoms with Gasteiger partial charge in [0, 0.05) is 27.6 Å². The first-order valence-electron chi connectivity index (χ1n) is 11.4. The first-order chi connectivity index (χ1) is 17.6. The van der Waals surface area contributed by atoms with Crippen LogP contribution in [0, 0.1) is 6.92 Å². The minimum absolute atomic E-state index is 0.304. The lowest BCUT2D eigenvalue weighted by molar-refractivity contribution is 0.414. The van der Waals surface area contributed by atoms with Gasteiger partial charge < -0.3 is 13.6 Å². The van der Waals surface area contributed by atoms with Crippen LogP contribution in [0.4, 0.5) is 0 Å². The van der Waals surface area contributed by atoms with Gasteiger partial charge in [0.15, 0.2) is 5.76 Å². The first kappa shape index (κ1) is 22.1. The van der Waals surface area contributed by atoms with Gasteiger partial charge in [-0.2, -0.15) is 5.10 Å². The van der Waals surface area contributed by atoms with Crippen molar-refractivity contribution in [2.24, 2.45) is 0 Å². The van der Waals surface area contributed by atoms with Crippen LogP contribution in [0.25, 0.3) is 45.5 Å². The molecule has 178 valence electrons. The van der Waals surface area contributed by atoms with Gasteiger partial charge in [-0.1, -0.05) is 54.1 Å². The third-order valence-electron chi connectivity index (χ3n) is 6.08. The monoisotopic (exact) mass is 496 g/mol. The number of fused-ring (bicyclic) bond motifs is 1. The van der Waals surface area contributed by atoms with E-state index in [-0.39, 0.29) is 0 Å². The zero-order valence-corrected chi connectivity index (χ0v) is 20.4. The Labute approximate surface area is 211 Å². The van der Waals surface area contributed by atoms with Crippen LogP contribution in [0.3, 0.4) is 0 Å². The lowest BCUT2D eigenvalue weighted by Gasteiger charge is -2.05. The van der Waals surface area contributed by atoms with Crippen LogP contribution in [0.15, 0.2) is 87.7 Å². The van der Waals surface area contributed by atoms with E-state index in [2.05, 4.69) is 22.3 Å². The predicted molar refractivity (Wildman–Crippen MR) is 138 cm³/mol. The van der Waals surface area contributed by atoms with Crippen LogP contribution < -0.4 is 4.74 Å². The summed E-state index contributed by atoms with van der Waals surface area (Å²) in [5.74, 6) is 1.90. The van der Waals surface area contributed by atoms with Crippen LogP contribution in [0.1, 0.15) is 11.1 Å². The zero-order valence-electron chi connectivity index (χ0n) is 19.6. The molecule has 0 aliphatic carbocycles. The smallest absolute Gasteiger partial charge is 0.284 e. The predicted octanol–water partition coefficient (Wildman–Crippen LogP) is 7.03. The summed E-state index contributed by atoms with van der Waals surface area (Å²) in [6.45, 7) is 2.51. The van der Waals surface area contributed by atoms with Gasteiger partial charge in [0.05, 0.1) is 19.3 Å². The Morgan fingerprint density at radius 1 is 0.889 bits per heavy atom. The fourth-order valence-corrected chi connectivity index (χ4v) is 4.31. The molecule has 0 saturated heterocycles. The molecular weight excluding hydrogens is 476 g/mol. The van der Waals surface area contributed by atoms with E-state index in [0.29, 0.717) is 46.1 Å². The number of benzene rings is 3. The van der Waals surface area contributed by atoms with E-state index in [1.165, 1.54) is 0 Å². The highest BCUT2D eigenvalue weighted by atomic mass is 35.5. The standard InChI is InChI=1S/C28H21ClN4O3/c1-17-22-13-12-21(34-2)14-25(22)35-26(17)28-31-30-27(36-28)24-15-23(19-8-10-20(29)11-9-19)32-33(24)16-18-6-4-3-5-7-18/h3-15H,16H2,1-2H3. The van der Waals surface area contributed by atoms with Crippen molar-refractivity contribution in [3.05, 3.63) is 95.0 Å². The SMILES string of the molecule is COc1ccc2c(C)c(-c3nnc(-c4cc(-c5ccc(Cl)cc5)nn4Cc4ccccc4)o3)oc2c1. The third-order valence-corrected chi connectivity index (χ3v) is 6.33. The minimum atomic E-state index is 0.304. The largest absolute Gasteiger partial charge is 0.497 e. The van der Waals surface area contributed by atoms with Gasteiger partial charge in [-0.3, -0.25) is 4.68 Å². The van der Waals surface area contributed by atoms with Gasteiger partial charge in [0.2, 0.25) is 0 Å². The van der Waals surface area contributed by atoms with Crippen LogP contribution in [-0.4, -0.2) is 27.1 Å². The maximum absolute atomic E-state index is 6.14. The highest BCUT2D eigenvalue weighted by molar-refractivity contribution is 6.30. The Balaban J connectivity index is 1.42. The summed E-state index contributed by atoms with van der Waals surface area (Å²) in [6.07, 6.45) is 0. The van der Waals surface area contributed by atoms with Gasteiger partial charge in [-0.05, 0) is 42.8 Å². The van der Waals surface area contributed by atoms with E-state index in [0.717, 1.165) is 27.8 Å². The summed E-state index contributed by atoms with van der Waals surface area (Å²) in [6, 6.07) is 25.3. The van der Waals surface area contributed by atoms with Crippen LogP contribution in [-0.2, 0) is 6.54 Å². The van der Waals surface area contributed by atoms with Gasteiger partial charge in [0.25, 0.3) is 11.8 Å². The second-order valence-corrected chi connectivity index (χ2v) is 8.83. The molecule has 0 bridgehead atoms. The van der Waals surface area contributed by atoms with E-state index in [1.807, 2.05) is 78.3 Å². The maximum Gasteiger partial charge on any atom is 0.284 e. The molecule has 8 heteroatoms. The molecule has 0 atom stereocenters. The average molecular weight is 497 g/mol. The Morgan fingerprint density at radius 3 is 2.44 bits per heavy atom. The van der Waals surface area contributed by atoms with E-state index in [4.69, 9.17) is 30.3 Å². The summed E-state index contributed by atoms with van der Waals surface area (Å²) in [7, 11) is 1.62. The number of methoxy groups -OCH3 is 1. The Hall–Kier alpha value is -4.36. The zero-order chi connectivity index (χ0) is 24.6. The fourth-order valence-electron chi connectivity index (χ4n) is 4.18. The molecule has 3 aromatic carbocycles. The second-order valence-electron chi connectivity index (χ2n) is 8.40. The highest BCUT2D eigenvalue weighted by Gasteiger charge is 2.22. The summed E-state index contributed by atoms with van der Waals surface area (Å²) in [5, 5.41) is 15.1. The van der Waals surface area contributed by atoms with Gasteiger partial charge in [0.1, 0.15) is 17.0 Å². The Morgan fingerprint density at radius 2 is 1.67 bits per heavy atom. The number of aryl methyl sites for hydroxylation is 1. The van der Waals surface area contributed by atoms with Crippen molar-refractivity contribution in [1.29, 1.82) is 0 Å². The molecule has 36 heavy (non-hydrogen) atoms. The minimum Gasteiger partial charge on any atom is -0.497 e. The average Bonchev–Trinajstić information content (AvgIpc) is 3.62. The van der Waals surface area contributed by atoms with Crippen LogP contribution in [0.2, 0.25) is 5.02 Å². The number of hydrogen-bond donors (Lipinski definition) is 0. The van der Waals surface area contributed by atoms with Crippen molar-refractivity contribution in [3.8, 4) is 40.2 Å². The van der Waals surface area contributed by atoms with Crippen LogP contribution in [0.5, 0.6) is 5.75 Å². The number of aromatic nitrogens is 4. The van der Waals surface area contributed by atoms with Crippen molar-refractivity contribution in [3.63, 3.8) is 0 Å². The molecule has 3 heterocycles. The fraction of sp³-hybridized carbons (Fsp3) is 0.107. The maximum atomic E-state index is 6.14. The second kappa shape index (κ2) is 9.02. The van der Waals surface area contributed by atoms with Crippen LogP contribution >= 0.6 is 11.6 Å². The molecule has 0 saturated carbocycles. The molecular formula is C28H21ClN4O3.